The molecule has 0 saturated heterocycles. The maximum absolute atomic E-state index is 5.75. The van der Waals surface area contributed by atoms with E-state index in [9.17, 15) is 0 Å². The van der Waals surface area contributed by atoms with Crippen LogP contribution in [0.3, 0.4) is 0 Å². The van der Waals surface area contributed by atoms with Crippen molar-refractivity contribution in [3.8, 4) is 0 Å². The number of nitrogen functional groups attached to an aromatic ring is 1. The highest BCUT2D eigenvalue weighted by Gasteiger charge is 2.09. The summed E-state index contributed by atoms with van der Waals surface area (Å²) in [4.78, 5) is 12.2. The van der Waals surface area contributed by atoms with Gasteiger partial charge in [-0.2, -0.15) is 0 Å². The highest BCUT2D eigenvalue weighted by molar-refractivity contribution is 5.80. The Morgan fingerprint density at radius 1 is 1.29 bits per heavy atom. The molecule has 0 aliphatic carbocycles. The van der Waals surface area contributed by atoms with E-state index in [1.165, 1.54) is 6.33 Å². The van der Waals surface area contributed by atoms with Crippen molar-refractivity contribution in [3.63, 3.8) is 0 Å². The molecule has 0 unspecified atom stereocenters. The molecular formula is C11H17N5O. The summed E-state index contributed by atoms with van der Waals surface area (Å²) in [6.45, 7) is 4.67. The van der Waals surface area contributed by atoms with Gasteiger partial charge in [-0.1, -0.05) is 13.8 Å². The third kappa shape index (κ3) is 2.36. The fraction of sp³-hybridized carbons (Fsp3) is 0.545. The van der Waals surface area contributed by atoms with Gasteiger partial charge in [-0.25, -0.2) is 15.0 Å². The van der Waals surface area contributed by atoms with E-state index in [4.69, 9.17) is 10.5 Å². The third-order valence-electron chi connectivity index (χ3n) is 2.79. The number of imidazole rings is 1. The predicted octanol–water partition coefficient (Wildman–Crippen LogP) is 1.57. The Morgan fingerprint density at radius 3 is 2.76 bits per heavy atom. The molecule has 92 valence electrons. The molecule has 0 spiro atoms. The van der Waals surface area contributed by atoms with Gasteiger partial charge in [-0.05, 0) is 12.8 Å². The number of rotatable bonds is 5. The molecule has 2 aromatic heterocycles. The molecule has 0 atom stereocenters. The zero-order valence-corrected chi connectivity index (χ0v) is 10.1. The number of nitrogens with zero attached hydrogens (tertiary/aromatic N) is 4. The topological polar surface area (TPSA) is 78.9 Å². The van der Waals surface area contributed by atoms with Crippen molar-refractivity contribution in [1.82, 2.24) is 19.5 Å². The first-order valence-corrected chi connectivity index (χ1v) is 5.79. The van der Waals surface area contributed by atoms with Gasteiger partial charge in [0.05, 0.1) is 12.4 Å². The Kier molecular flexibility index (Phi) is 3.53. The normalized spacial score (nSPS) is 11.5. The van der Waals surface area contributed by atoms with Crippen LogP contribution in [0.5, 0.6) is 0 Å². The van der Waals surface area contributed by atoms with Crippen molar-refractivity contribution in [2.45, 2.75) is 39.5 Å². The Hall–Kier alpha value is -1.69. The lowest BCUT2D eigenvalue weighted by molar-refractivity contribution is 0.00468. The first kappa shape index (κ1) is 11.8. The van der Waals surface area contributed by atoms with Crippen LogP contribution in [-0.2, 0) is 11.5 Å². The number of ether oxygens (including phenoxy) is 1. The highest BCUT2D eigenvalue weighted by atomic mass is 16.5. The first-order chi connectivity index (χ1) is 8.26. The van der Waals surface area contributed by atoms with Gasteiger partial charge in [-0.15, -0.1) is 0 Å². The van der Waals surface area contributed by atoms with E-state index in [1.807, 2.05) is 4.57 Å². The van der Waals surface area contributed by atoms with Crippen molar-refractivity contribution >= 4 is 17.0 Å². The van der Waals surface area contributed by atoms with Crippen molar-refractivity contribution in [3.05, 3.63) is 12.7 Å². The molecule has 0 saturated carbocycles. The predicted molar refractivity (Wildman–Crippen MR) is 65.2 cm³/mol. The summed E-state index contributed by atoms with van der Waals surface area (Å²) < 4.78 is 7.59. The van der Waals surface area contributed by atoms with Crippen LogP contribution in [0.2, 0.25) is 0 Å². The van der Waals surface area contributed by atoms with Crippen LogP contribution in [0.25, 0.3) is 11.2 Å². The third-order valence-corrected chi connectivity index (χ3v) is 2.79. The van der Waals surface area contributed by atoms with Crippen LogP contribution in [-0.4, -0.2) is 25.6 Å². The van der Waals surface area contributed by atoms with Gasteiger partial charge in [0.25, 0.3) is 0 Å². The molecule has 0 radical (unpaired) electrons. The van der Waals surface area contributed by atoms with Crippen LogP contribution in [0.1, 0.15) is 26.7 Å². The second-order valence-corrected chi connectivity index (χ2v) is 3.88. The van der Waals surface area contributed by atoms with Crippen LogP contribution in [0, 0.1) is 0 Å². The monoisotopic (exact) mass is 235 g/mol. The fourth-order valence-electron chi connectivity index (χ4n) is 1.70. The summed E-state index contributed by atoms with van der Waals surface area (Å²) in [6.07, 6.45) is 5.39. The van der Waals surface area contributed by atoms with Crippen molar-refractivity contribution in [2.75, 3.05) is 5.73 Å². The Labute approximate surface area is 99.8 Å². The zero-order chi connectivity index (χ0) is 12.3. The minimum Gasteiger partial charge on any atom is -0.382 e. The minimum absolute atomic E-state index is 0.270. The van der Waals surface area contributed by atoms with Crippen molar-refractivity contribution in [2.24, 2.45) is 0 Å². The van der Waals surface area contributed by atoms with E-state index in [0.717, 1.165) is 12.8 Å². The van der Waals surface area contributed by atoms with Crippen LogP contribution in [0.4, 0.5) is 5.82 Å². The average molecular weight is 235 g/mol. The number of aromatic nitrogens is 4. The lowest BCUT2D eigenvalue weighted by atomic mass is 10.2. The SMILES string of the molecule is CCC(CC)OCn1cnc2c(N)ncnc21. The van der Waals surface area contributed by atoms with Gasteiger partial charge in [0.15, 0.2) is 11.5 Å². The summed E-state index contributed by atoms with van der Waals surface area (Å²) in [5.41, 5.74) is 7.05. The van der Waals surface area contributed by atoms with E-state index >= 15 is 0 Å². The van der Waals surface area contributed by atoms with Gasteiger partial charge in [-0.3, -0.25) is 4.57 Å². The van der Waals surface area contributed by atoms with Crippen LogP contribution in [0.15, 0.2) is 12.7 Å². The molecule has 6 nitrogen and oxygen atoms in total. The minimum atomic E-state index is 0.270. The zero-order valence-electron chi connectivity index (χ0n) is 10.1. The maximum atomic E-state index is 5.75. The number of nitrogens with two attached hydrogens (primary N) is 1. The Bertz CT molecular complexity index is 492. The lowest BCUT2D eigenvalue weighted by Gasteiger charge is -2.14. The molecule has 2 rings (SSSR count). The molecule has 0 aliphatic heterocycles. The van der Waals surface area contributed by atoms with Gasteiger partial charge in [0, 0.05) is 0 Å². The van der Waals surface area contributed by atoms with E-state index in [2.05, 4.69) is 28.8 Å². The first-order valence-electron chi connectivity index (χ1n) is 5.79. The Balaban J connectivity index is 2.17. The number of hydrogen-bond donors (Lipinski definition) is 1. The number of hydrogen-bond acceptors (Lipinski definition) is 5. The van der Waals surface area contributed by atoms with Gasteiger partial charge in [0.2, 0.25) is 0 Å². The van der Waals surface area contributed by atoms with E-state index in [1.54, 1.807) is 6.33 Å². The van der Waals surface area contributed by atoms with Gasteiger partial charge in [0.1, 0.15) is 18.6 Å². The Morgan fingerprint density at radius 2 is 2.06 bits per heavy atom. The van der Waals surface area contributed by atoms with Crippen LogP contribution < -0.4 is 5.73 Å². The van der Waals surface area contributed by atoms with Crippen LogP contribution >= 0.6 is 0 Å². The summed E-state index contributed by atoms with van der Waals surface area (Å²) in [6, 6.07) is 0. The molecule has 2 aromatic rings. The summed E-state index contributed by atoms with van der Waals surface area (Å²) >= 11 is 0. The molecule has 0 aromatic carbocycles. The summed E-state index contributed by atoms with van der Waals surface area (Å²) in [7, 11) is 0. The maximum Gasteiger partial charge on any atom is 0.167 e. The largest absolute Gasteiger partial charge is 0.382 e. The molecule has 2 heterocycles. The molecule has 17 heavy (non-hydrogen) atoms. The van der Waals surface area contributed by atoms with Gasteiger partial charge < -0.3 is 10.5 Å². The second kappa shape index (κ2) is 5.09. The van der Waals surface area contributed by atoms with Gasteiger partial charge >= 0.3 is 0 Å². The molecule has 0 amide bonds. The highest BCUT2D eigenvalue weighted by Crippen LogP contribution is 2.14. The average Bonchev–Trinajstić information content (AvgIpc) is 2.75. The summed E-state index contributed by atoms with van der Waals surface area (Å²) in [5.74, 6) is 0.399. The lowest BCUT2D eigenvalue weighted by Crippen LogP contribution is -2.13. The van der Waals surface area contributed by atoms with E-state index in [-0.39, 0.29) is 6.10 Å². The molecule has 0 aliphatic rings. The number of anilines is 1. The molecular weight excluding hydrogens is 218 g/mol. The fourth-order valence-corrected chi connectivity index (χ4v) is 1.70. The molecule has 2 N–H and O–H groups in total. The van der Waals surface area contributed by atoms with E-state index in [0.29, 0.717) is 23.7 Å². The van der Waals surface area contributed by atoms with Crippen molar-refractivity contribution < 1.29 is 4.74 Å². The standard InChI is InChI=1S/C11H17N5O/c1-3-8(4-2)17-7-16-6-15-9-10(12)13-5-14-11(9)16/h5-6,8H,3-4,7H2,1-2H3,(H2,12,13,14). The molecule has 0 fully saturated rings. The smallest absolute Gasteiger partial charge is 0.167 e. The molecule has 6 heteroatoms. The number of fused-ring (bicyclic) bond motifs is 1. The quantitative estimate of drug-likeness (QED) is 0.851. The summed E-state index contributed by atoms with van der Waals surface area (Å²) in [5, 5.41) is 0. The molecule has 0 bridgehead atoms. The van der Waals surface area contributed by atoms with Crippen molar-refractivity contribution in [1.29, 1.82) is 0 Å². The second-order valence-electron chi connectivity index (χ2n) is 3.88. The van der Waals surface area contributed by atoms with E-state index < -0.39 is 0 Å².